The van der Waals surface area contributed by atoms with Crippen LogP contribution in [0.25, 0.3) is 5.69 Å². The zero-order valence-corrected chi connectivity index (χ0v) is 10.9. The molecule has 2 aromatic rings. The molecule has 1 aromatic heterocycles. The van der Waals surface area contributed by atoms with Crippen LogP contribution in [0, 0.1) is 13.8 Å². The van der Waals surface area contributed by atoms with E-state index in [9.17, 15) is 0 Å². The van der Waals surface area contributed by atoms with E-state index in [1.54, 1.807) is 0 Å². The Balaban J connectivity index is 2.69. The van der Waals surface area contributed by atoms with Gasteiger partial charge >= 0.3 is 0 Å². The molecule has 0 amide bonds. The van der Waals surface area contributed by atoms with Crippen molar-refractivity contribution in [3.8, 4) is 5.69 Å². The van der Waals surface area contributed by atoms with Gasteiger partial charge in [-0.3, -0.25) is 0 Å². The third-order valence-electron chi connectivity index (χ3n) is 2.46. The summed E-state index contributed by atoms with van der Waals surface area (Å²) in [5, 5.41) is 0.770. The Morgan fingerprint density at radius 2 is 1.87 bits per heavy atom. The number of hydrogen-bond acceptors (Lipinski definition) is 0. The molecule has 3 heteroatoms. The third kappa shape index (κ3) is 1.84. The van der Waals surface area contributed by atoms with Crippen molar-refractivity contribution in [2.24, 2.45) is 0 Å². The minimum Gasteiger partial charge on any atom is -0.316 e. The van der Waals surface area contributed by atoms with Crippen LogP contribution in [0.15, 0.2) is 34.8 Å². The SMILES string of the molecule is Cc1cc(Br)c(C)n1-c1ccccc1Cl. The van der Waals surface area contributed by atoms with E-state index in [1.165, 1.54) is 11.4 Å². The van der Waals surface area contributed by atoms with Crippen LogP contribution in [0.3, 0.4) is 0 Å². The minimum absolute atomic E-state index is 0.770. The van der Waals surface area contributed by atoms with Crippen molar-refractivity contribution in [2.75, 3.05) is 0 Å². The van der Waals surface area contributed by atoms with Crippen LogP contribution in [0.4, 0.5) is 0 Å². The Morgan fingerprint density at radius 3 is 2.40 bits per heavy atom. The van der Waals surface area contributed by atoms with E-state index in [1.807, 2.05) is 24.3 Å². The second-order valence-electron chi connectivity index (χ2n) is 3.51. The highest BCUT2D eigenvalue weighted by Crippen LogP contribution is 2.28. The van der Waals surface area contributed by atoms with E-state index < -0.39 is 0 Å². The minimum atomic E-state index is 0.770. The highest BCUT2D eigenvalue weighted by atomic mass is 79.9. The summed E-state index contributed by atoms with van der Waals surface area (Å²) in [4.78, 5) is 0. The molecule has 1 nitrogen and oxygen atoms in total. The molecule has 0 radical (unpaired) electrons. The fourth-order valence-corrected chi connectivity index (χ4v) is 2.46. The second kappa shape index (κ2) is 4.03. The summed E-state index contributed by atoms with van der Waals surface area (Å²) in [5.74, 6) is 0. The lowest BCUT2D eigenvalue weighted by Crippen LogP contribution is -1.99. The van der Waals surface area contributed by atoms with E-state index in [-0.39, 0.29) is 0 Å². The van der Waals surface area contributed by atoms with Crippen LogP contribution in [0.5, 0.6) is 0 Å². The Labute approximate surface area is 103 Å². The van der Waals surface area contributed by atoms with Crippen molar-refractivity contribution in [1.29, 1.82) is 0 Å². The fraction of sp³-hybridized carbons (Fsp3) is 0.167. The third-order valence-corrected chi connectivity index (χ3v) is 3.59. The molecule has 0 aliphatic rings. The van der Waals surface area contributed by atoms with E-state index in [2.05, 4.69) is 40.4 Å². The maximum atomic E-state index is 6.18. The number of aromatic nitrogens is 1. The van der Waals surface area contributed by atoms with Gasteiger partial charge in [-0.2, -0.15) is 0 Å². The molecule has 1 aromatic carbocycles. The second-order valence-corrected chi connectivity index (χ2v) is 4.77. The number of hydrogen-bond donors (Lipinski definition) is 0. The Morgan fingerprint density at radius 1 is 1.20 bits per heavy atom. The van der Waals surface area contributed by atoms with Gasteiger partial charge in [0.05, 0.1) is 10.7 Å². The first-order valence-corrected chi connectivity index (χ1v) is 5.87. The average molecular weight is 285 g/mol. The lowest BCUT2D eigenvalue weighted by molar-refractivity contribution is 0.963. The number of aryl methyl sites for hydroxylation is 1. The maximum absolute atomic E-state index is 6.18. The fourth-order valence-electron chi connectivity index (χ4n) is 1.73. The van der Waals surface area contributed by atoms with E-state index in [0.717, 1.165) is 15.2 Å². The Hall–Kier alpha value is -0.730. The topological polar surface area (TPSA) is 4.93 Å². The highest BCUT2D eigenvalue weighted by molar-refractivity contribution is 9.10. The van der Waals surface area contributed by atoms with Gasteiger partial charge in [-0.25, -0.2) is 0 Å². The largest absolute Gasteiger partial charge is 0.316 e. The van der Waals surface area contributed by atoms with E-state index in [4.69, 9.17) is 11.6 Å². The van der Waals surface area contributed by atoms with Crippen molar-refractivity contribution in [1.82, 2.24) is 4.57 Å². The van der Waals surface area contributed by atoms with Crippen molar-refractivity contribution >= 4 is 27.5 Å². The van der Waals surface area contributed by atoms with Crippen LogP contribution in [0.1, 0.15) is 11.4 Å². The molecule has 0 spiro atoms. The van der Waals surface area contributed by atoms with Gasteiger partial charge in [0.15, 0.2) is 0 Å². The normalized spacial score (nSPS) is 10.7. The van der Waals surface area contributed by atoms with Gasteiger partial charge in [-0.05, 0) is 48.0 Å². The molecule has 0 atom stereocenters. The number of benzene rings is 1. The molecule has 1 heterocycles. The van der Waals surface area contributed by atoms with Gasteiger partial charge in [0.1, 0.15) is 0 Å². The summed E-state index contributed by atoms with van der Waals surface area (Å²) in [6.45, 7) is 4.14. The van der Waals surface area contributed by atoms with Crippen molar-refractivity contribution < 1.29 is 0 Å². The van der Waals surface area contributed by atoms with Gasteiger partial charge in [0.25, 0.3) is 0 Å². The van der Waals surface area contributed by atoms with Crippen molar-refractivity contribution in [3.05, 3.63) is 51.2 Å². The smallest absolute Gasteiger partial charge is 0.0646 e. The van der Waals surface area contributed by atoms with Gasteiger partial charge in [0, 0.05) is 15.9 Å². The van der Waals surface area contributed by atoms with Crippen molar-refractivity contribution in [3.63, 3.8) is 0 Å². The van der Waals surface area contributed by atoms with Gasteiger partial charge in [0.2, 0.25) is 0 Å². The molecule has 2 rings (SSSR count). The standard InChI is InChI=1S/C12H11BrClN/c1-8-7-10(13)9(2)15(8)12-6-4-3-5-11(12)14/h3-7H,1-2H3. The highest BCUT2D eigenvalue weighted by Gasteiger charge is 2.10. The van der Waals surface area contributed by atoms with Gasteiger partial charge in [-0.15, -0.1) is 0 Å². The lowest BCUT2D eigenvalue weighted by atomic mass is 10.3. The van der Waals surface area contributed by atoms with E-state index in [0.29, 0.717) is 0 Å². The van der Waals surface area contributed by atoms with Gasteiger partial charge in [-0.1, -0.05) is 23.7 Å². The first-order valence-electron chi connectivity index (χ1n) is 4.70. The maximum Gasteiger partial charge on any atom is 0.0646 e. The monoisotopic (exact) mass is 283 g/mol. The summed E-state index contributed by atoms with van der Waals surface area (Å²) < 4.78 is 3.26. The van der Waals surface area contributed by atoms with Crippen LogP contribution in [-0.2, 0) is 0 Å². The molecule has 0 saturated carbocycles. The molecule has 15 heavy (non-hydrogen) atoms. The summed E-state index contributed by atoms with van der Waals surface area (Å²) in [5.41, 5.74) is 3.37. The van der Waals surface area contributed by atoms with E-state index >= 15 is 0 Å². The van der Waals surface area contributed by atoms with Crippen LogP contribution >= 0.6 is 27.5 Å². The molecular weight excluding hydrogens is 273 g/mol. The first kappa shape index (κ1) is 10.8. The summed E-state index contributed by atoms with van der Waals surface area (Å²) in [6.07, 6.45) is 0. The van der Waals surface area contributed by atoms with Crippen LogP contribution < -0.4 is 0 Å². The average Bonchev–Trinajstić information content (AvgIpc) is 2.43. The molecule has 0 aliphatic heterocycles. The predicted octanol–water partition coefficient (Wildman–Crippen LogP) is 4.51. The zero-order chi connectivity index (χ0) is 11.0. The number of rotatable bonds is 1. The summed E-state index contributed by atoms with van der Waals surface area (Å²) in [6, 6.07) is 9.96. The molecule has 0 aliphatic carbocycles. The molecule has 78 valence electrons. The Kier molecular flexibility index (Phi) is 2.89. The van der Waals surface area contributed by atoms with Gasteiger partial charge < -0.3 is 4.57 Å². The molecule has 0 saturated heterocycles. The quantitative estimate of drug-likeness (QED) is 0.726. The molecule has 0 unspecified atom stereocenters. The number of halogens is 2. The first-order chi connectivity index (χ1) is 7.11. The van der Waals surface area contributed by atoms with Crippen LogP contribution in [0.2, 0.25) is 5.02 Å². The zero-order valence-electron chi connectivity index (χ0n) is 8.59. The summed E-state index contributed by atoms with van der Waals surface area (Å²) in [7, 11) is 0. The molecular formula is C12H11BrClN. The summed E-state index contributed by atoms with van der Waals surface area (Å²) >= 11 is 9.70. The van der Waals surface area contributed by atoms with Crippen molar-refractivity contribution in [2.45, 2.75) is 13.8 Å². The molecule has 0 fully saturated rings. The Bertz CT molecular complexity index is 502. The van der Waals surface area contributed by atoms with Crippen LogP contribution in [-0.4, -0.2) is 4.57 Å². The molecule has 0 N–H and O–H groups in total. The lowest BCUT2D eigenvalue weighted by Gasteiger charge is -2.10. The molecule has 0 bridgehead atoms. The number of nitrogens with zero attached hydrogens (tertiary/aromatic N) is 1. The number of para-hydroxylation sites is 1. The predicted molar refractivity (Wildman–Crippen MR) is 68.0 cm³/mol.